The number of carbonyl (C=O) groups excluding carboxylic acids is 3. The second-order valence-electron chi connectivity index (χ2n) is 21.1. The van der Waals surface area contributed by atoms with Gasteiger partial charge < -0.3 is 14.2 Å². The van der Waals surface area contributed by atoms with Gasteiger partial charge >= 0.3 is 17.9 Å². The van der Waals surface area contributed by atoms with Crippen LogP contribution in [-0.4, -0.2) is 37.2 Å². The highest BCUT2D eigenvalue weighted by Crippen LogP contribution is 2.19. The lowest BCUT2D eigenvalue weighted by atomic mass is 9.99. The van der Waals surface area contributed by atoms with Crippen LogP contribution in [0.4, 0.5) is 0 Å². The molecule has 0 aromatic heterocycles. The van der Waals surface area contributed by atoms with Crippen molar-refractivity contribution >= 4 is 17.9 Å². The summed E-state index contributed by atoms with van der Waals surface area (Å²) in [6, 6.07) is 0. The van der Waals surface area contributed by atoms with Crippen molar-refractivity contribution in [2.45, 2.75) is 324 Å². The molecule has 0 rings (SSSR count). The molecule has 0 aliphatic rings. The Morgan fingerprint density at radius 2 is 0.547 bits per heavy atom. The standard InChI is InChI=1S/C58H112O6/c1-7-54(6)46-40-34-28-21-16-14-12-10-8-9-11-13-15-17-23-31-37-43-49-58(61)64-55(51-63-57(60)48-42-36-30-25-24-27-33-39-45-53(4)5)50-62-56(59)47-41-35-29-22-19-18-20-26-32-38-44-52(2)3/h52-55H,7-51H2,1-6H3/t54?,55-/m1/s1. The summed E-state index contributed by atoms with van der Waals surface area (Å²) in [5.41, 5.74) is 0. The zero-order chi connectivity index (χ0) is 47.0. The largest absolute Gasteiger partial charge is 0.462 e. The molecule has 380 valence electrons. The van der Waals surface area contributed by atoms with E-state index in [0.717, 1.165) is 75.5 Å². The van der Waals surface area contributed by atoms with Crippen molar-refractivity contribution in [2.75, 3.05) is 13.2 Å². The van der Waals surface area contributed by atoms with Crippen LogP contribution in [0.2, 0.25) is 0 Å². The maximum Gasteiger partial charge on any atom is 0.306 e. The first kappa shape index (κ1) is 62.4. The molecule has 0 aliphatic heterocycles. The van der Waals surface area contributed by atoms with E-state index in [1.54, 1.807) is 0 Å². The number of unbranched alkanes of at least 4 members (excludes halogenated alkanes) is 33. The maximum atomic E-state index is 12.8. The molecule has 0 fully saturated rings. The van der Waals surface area contributed by atoms with E-state index in [2.05, 4.69) is 41.5 Å². The summed E-state index contributed by atoms with van der Waals surface area (Å²) < 4.78 is 16.9. The highest BCUT2D eigenvalue weighted by Gasteiger charge is 2.19. The Morgan fingerprint density at radius 3 is 0.812 bits per heavy atom. The Labute approximate surface area is 399 Å². The fourth-order valence-electron chi connectivity index (χ4n) is 8.79. The zero-order valence-electron chi connectivity index (χ0n) is 44.1. The second kappa shape index (κ2) is 49.3. The number of rotatable bonds is 51. The summed E-state index contributed by atoms with van der Waals surface area (Å²) in [7, 11) is 0. The molecule has 0 saturated carbocycles. The van der Waals surface area contributed by atoms with E-state index < -0.39 is 6.10 Å². The van der Waals surface area contributed by atoms with E-state index >= 15 is 0 Å². The predicted octanol–water partition coefficient (Wildman–Crippen LogP) is 18.7. The van der Waals surface area contributed by atoms with Crippen LogP contribution in [0.3, 0.4) is 0 Å². The highest BCUT2D eigenvalue weighted by molar-refractivity contribution is 5.71. The molecule has 0 aromatic carbocycles. The third-order valence-corrected chi connectivity index (χ3v) is 13.5. The van der Waals surface area contributed by atoms with Gasteiger partial charge in [-0.2, -0.15) is 0 Å². The topological polar surface area (TPSA) is 78.9 Å². The van der Waals surface area contributed by atoms with E-state index in [0.29, 0.717) is 19.3 Å². The molecule has 1 unspecified atom stereocenters. The van der Waals surface area contributed by atoms with Gasteiger partial charge in [-0.1, -0.05) is 279 Å². The minimum absolute atomic E-state index is 0.0645. The summed E-state index contributed by atoms with van der Waals surface area (Å²) in [5, 5.41) is 0. The van der Waals surface area contributed by atoms with Gasteiger partial charge in [0.15, 0.2) is 6.10 Å². The van der Waals surface area contributed by atoms with E-state index in [-0.39, 0.29) is 31.1 Å². The van der Waals surface area contributed by atoms with Crippen LogP contribution in [0, 0.1) is 17.8 Å². The van der Waals surface area contributed by atoms with Crippen molar-refractivity contribution in [2.24, 2.45) is 17.8 Å². The van der Waals surface area contributed by atoms with E-state index in [9.17, 15) is 14.4 Å². The average molecular weight is 906 g/mol. The third-order valence-electron chi connectivity index (χ3n) is 13.5. The van der Waals surface area contributed by atoms with Crippen molar-refractivity contribution in [3.63, 3.8) is 0 Å². The van der Waals surface area contributed by atoms with Gasteiger partial charge in [-0.05, 0) is 37.0 Å². The molecule has 0 bridgehead atoms. The minimum Gasteiger partial charge on any atom is -0.462 e. The number of esters is 3. The molecular formula is C58H112O6. The van der Waals surface area contributed by atoms with Crippen molar-refractivity contribution in [1.29, 1.82) is 0 Å². The molecule has 0 aliphatic carbocycles. The van der Waals surface area contributed by atoms with Crippen LogP contribution in [0.15, 0.2) is 0 Å². The first-order valence-corrected chi connectivity index (χ1v) is 28.6. The fraction of sp³-hybridized carbons (Fsp3) is 0.948. The van der Waals surface area contributed by atoms with E-state index in [1.165, 1.54) is 199 Å². The summed E-state index contributed by atoms with van der Waals surface area (Å²) in [6.07, 6.45) is 51.0. The molecule has 0 aromatic rings. The van der Waals surface area contributed by atoms with Crippen LogP contribution >= 0.6 is 0 Å². The Morgan fingerprint density at radius 1 is 0.312 bits per heavy atom. The maximum absolute atomic E-state index is 12.8. The summed E-state index contributed by atoms with van der Waals surface area (Å²) in [4.78, 5) is 38.0. The second-order valence-corrected chi connectivity index (χ2v) is 21.1. The van der Waals surface area contributed by atoms with Crippen molar-refractivity contribution < 1.29 is 28.6 Å². The van der Waals surface area contributed by atoms with Gasteiger partial charge in [-0.3, -0.25) is 14.4 Å². The SMILES string of the molecule is CCC(C)CCCCCCCCCCCCCCCCCCCCC(=O)O[C@H](COC(=O)CCCCCCCCCCCCC(C)C)COC(=O)CCCCCCCCCCC(C)C. The lowest BCUT2D eigenvalue weighted by Gasteiger charge is -2.18. The van der Waals surface area contributed by atoms with Gasteiger partial charge in [0.05, 0.1) is 0 Å². The van der Waals surface area contributed by atoms with Crippen LogP contribution in [0.25, 0.3) is 0 Å². The lowest BCUT2D eigenvalue weighted by Crippen LogP contribution is -2.30. The number of carbonyl (C=O) groups is 3. The third kappa shape index (κ3) is 49.8. The summed E-state index contributed by atoms with van der Waals surface area (Å²) >= 11 is 0. The zero-order valence-corrected chi connectivity index (χ0v) is 44.1. The van der Waals surface area contributed by atoms with Gasteiger partial charge in [0, 0.05) is 19.3 Å². The van der Waals surface area contributed by atoms with Crippen LogP contribution in [0.1, 0.15) is 318 Å². The highest BCUT2D eigenvalue weighted by atomic mass is 16.6. The van der Waals surface area contributed by atoms with Crippen molar-refractivity contribution in [3.05, 3.63) is 0 Å². The number of hydrogen-bond acceptors (Lipinski definition) is 6. The Balaban J connectivity index is 4.23. The van der Waals surface area contributed by atoms with Gasteiger partial charge in [0.1, 0.15) is 13.2 Å². The van der Waals surface area contributed by atoms with Crippen molar-refractivity contribution in [3.8, 4) is 0 Å². The van der Waals surface area contributed by atoms with Gasteiger partial charge in [0.25, 0.3) is 0 Å². The Kier molecular flexibility index (Phi) is 48.1. The predicted molar refractivity (Wildman–Crippen MR) is 275 cm³/mol. The molecule has 6 heteroatoms. The monoisotopic (exact) mass is 905 g/mol. The molecule has 0 amide bonds. The van der Waals surface area contributed by atoms with Gasteiger partial charge in [0.2, 0.25) is 0 Å². The Hall–Kier alpha value is -1.59. The summed E-state index contributed by atoms with van der Waals surface area (Å²) in [5.74, 6) is 1.68. The molecule has 0 heterocycles. The van der Waals surface area contributed by atoms with E-state index in [4.69, 9.17) is 14.2 Å². The number of hydrogen-bond donors (Lipinski definition) is 0. The van der Waals surface area contributed by atoms with Crippen LogP contribution in [-0.2, 0) is 28.6 Å². The molecule has 64 heavy (non-hydrogen) atoms. The minimum atomic E-state index is -0.763. The molecule has 0 radical (unpaired) electrons. The average Bonchev–Trinajstić information content (AvgIpc) is 3.27. The first-order valence-electron chi connectivity index (χ1n) is 28.6. The van der Waals surface area contributed by atoms with Crippen molar-refractivity contribution in [1.82, 2.24) is 0 Å². The molecular weight excluding hydrogens is 793 g/mol. The van der Waals surface area contributed by atoms with Gasteiger partial charge in [-0.25, -0.2) is 0 Å². The summed E-state index contributed by atoms with van der Waals surface area (Å²) in [6.45, 7) is 13.8. The molecule has 0 saturated heterocycles. The quantitative estimate of drug-likeness (QED) is 0.0344. The van der Waals surface area contributed by atoms with Crippen LogP contribution < -0.4 is 0 Å². The number of ether oxygens (including phenoxy) is 3. The lowest BCUT2D eigenvalue weighted by molar-refractivity contribution is -0.167. The molecule has 6 nitrogen and oxygen atoms in total. The molecule has 0 spiro atoms. The van der Waals surface area contributed by atoms with E-state index in [1.807, 2.05) is 0 Å². The first-order chi connectivity index (χ1) is 31.1. The van der Waals surface area contributed by atoms with Gasteiger partial charge in [-0.15, -0.1) is 0 Å². The normalized spacial score (nSPS) is 12.6. The Bertz CT molecular complexity index is 993. The van der Waals surface area contributed by atoms with Crippen LogP contribution in [0.5, 0.6) is 0 Å². The molecule has 2 atom stereocenters. The fourth-order valence-corrected chi connectivity index (χ4v) is 8.79. The molecule has 0 N–H and O–H groups in total. The smallest absolute Gasteiger partial charge is 0.306 e.